The zero-order chi connectivity index (χ0) is 19.8. The molecule has 2 radical (unpaired) electrons. The fourth-order valence-electron chi connectivity index (χ4n) is 4.19. The normalized spacial score (nSPS) is 14.6. The van der Waals surface area contributed by atoms with Gasteiger partial charge in [0.1, 0.15) is 19.7 Å². The molecule has 1 aromatic heterocycles. The fraction of sp³-hybridized carbons (Fsp3) is 0.348. The fourth-order valence-corrected chi connectivity index (χ4v) is 4.19. The summed E-state index contributed by atoms with van der Waals surface area (Å²) in [5.74, 6) is 0.920. The highest BCUT2D eigenvalue weighted by Gasteiger charge is 2.22. The highest BCUT2D eigenvalue weighted by molar-refractivity contribution is 6.33. The van der Waals surface area contributed by atoms with E-state index in [1.807, 2.05) is 31.2 Å². The lowest BCUT2D eigenvalue weighted by molar-refractivity contribution is 0.0953. The molecular formula is C23H24BNO3. The second-order valence-electron chi connectivity index (χ2n) is 7.39. The average molecular weight is 373 g/mol. The second kappa shape index (κ2) is 7.57. The van der Waals surface area contributed by atoms with Crippen LogP contribution in [-0.4, -0.2) is 36.3 Å². The maximum absolute atomic E-state index is 10.6. The SMILES string of the molecule is [B]c1cc(CC)c2nc(C)c([C@H](O)CO)c(-c3ccc4c(c3)CCCO4)c2c1. The first kappa shape index (κ1) is 19.0. The monoisotopic (exact) mass is 373 g/mol. The van der Waals surface area contributed by atoms with Gasteiger partial charge in [-0.25, -0.2) is 0 Å². The predicted molar refractivity (Wildman–Crippen MR) is 113 cm³/mol. The van der Waals surface area contributed by atoms with Gasteiger partial charge in [-0.3, -0.25) is 4.98 Å². The first-order chi connectivity index (χ1) is 13.5. The van der Waals surface area contributed by atoms with E-state index < -0.39 is 6.10 Å². The van der Waals surface area contributed by atoms with Gasteiger partial charge in [0.2, 0.25) is 0 Å². The van der Waals surface area contributed by atoms with Crippen LogP contribution in [0.1, 0.15) is 41.8 Å². The van der Waals surface area contributed by atoms with E-state index in [-0.39, 0.29) is 6.61 Å². The van der Waals surface area contributed by atoms with Crippen molar-refractivity contribution in [3.05, 3.63) is 52.7 Å². The maximum Gasteiger partial charge on any atom is 0.122 e. The number of nitrogens with zero attached hydrogens (tertiary/aromatic N) is 1. The van der Waals surface area contributed by atoms with Gasteiger partial charge in [-0.2, -0.15) is 0 Å². The third-order valence-electron chi connectivity index (χ3n) is 5.50. The quantitative estimate of drug-likeness (QED) is 0.691. The molecule has 0 fully saturated rings. The molecule has 0 saturated heterocycles. The molecule has 0 amide bonds. The van der Waals surface area contributed by atoms with Crippen molar-refractivity contribution >= 4 is 24.2 Å². The molecule has 142 valence electrons. The van der Waals surface area contributed by atoms with Crippen LogP contribution in [0, 0.1) is 6.92 Å². The van der Waals surface area contributed by atoms with Gasteiger partial charge < -0.3 is 14.9 Å². The summed E-state index contributed by atoms with van der Waals surface area (Å²) < 4.78 is 5.76. The number of rotatable bonds is 4. The average Bonchev–Trinajstić information content (AvgIpc) is 2.71. The smallest absolute Gasteiger partial charge is 0.122 e. The topological polar surface area (TPSA) is 62.6 Å². The van der Waals surface area contributed by atoms with Gasteiger partial charge in [0.05, 0.1) is 18.7 Å². The summed E-state index contributed by atoms with van der Waals surface area (Å²) in [5.41, 5.74) is 7.04. The summed E-state index contributed by atoms with van der Waals surface area (Å²) >= 11 is 0. The van der Waals surface area contributed by atoms with Crippen molar-refractivity contribution in [2.24, 2.45) is 0 Å². The summed E-state index contributed by atoms with van der Waals surface area (Å²) in [4.78, 5) is 4.78. The van der Waals surface area contributed by atoms with Crippen molar-refractivity contribution < 1.29 is 14.9 Å². The molecule has 2 aromatic carbocycles. The van der Waals surface area contributed by atoms with Crippen molar-refractivity contribution in [3.8, 4) is 16.9 Å². The molecule has 0 unspecified atom stereocenters. The van der Waals surface area contributed by atoms with E-state index in [9.17, 15) is 10.2 Å². The first-order valence-electron chi connectivity index (χ1n) is 9.81. The molecule has 2 N–H and O–H groups in total. The van der Waals surface area contributed by atoms with Crippen LogP contribution in [0.3, 0.4) is 0 Å². The Morgan fingerprint density at radius 1 is 1.25 bits per heavy atom. The van der Waals surface area contributed by atoms with Crippen molar-refractivity contribution in [2.45, 2.75) is 39.2 Å². The highest BCUT2D eigenvalue weighted by atomic mass is 16.5. The van der Waals surface area contributed by atoms with Gasteiger partial charge >= 0.3 is 0 Å². The summed E-state index contributed by atoms with van der Waals surface area (Å²) in [5, 5.41) is 21.2. The van der Waals surface area contributed by atoms with Crippen LogP contribution in [0.4, 0.5) is 0 Å². The Morgan fingerprint density at radius 2 is 2.07 bits per heavy atom. The molecule has 1 aliphatic rings. The summed E-state index contributed by atoms with van der Waals surface area (Å²) in [6.07, 6.45) is 1.76. The Bertz CT molecular complexity index is 1050. The third-order valence-corrected chi connectivity index (χ3v) is 5.50. The number of fused-ring (bicyclic) bond motifs is 2. The molecule has 28 heavy (non-hydrogen) atoms. The van der Waals surface area contributed by atoms with Crippen molar-refractivity contribution in [1.29, 1.82) is 0 Å². The standard InChI is InChI=1S/C23H24BNO3/c1-3-14-10-17(24)11-18-22(21(19(27)12-26)13(2)25-23(14)18)16-6-7-20-15(9-16)5-4-8-28-20/h6-7,9-11,19,26-27H,3-5,8,12H2,1-2H3/t19-/m1/s1. The molecule has 2 heterocycles. The van der Waals surface area contributed by atoms with Crippen molar-refractivity contribution in [2.75, 3.05) is 13.2 Å². The molecule has 0 bridgehead atoms. The Morgan fingerprint density at radius 3 is 2.82 bits per heavy atom. The van der Waals surface area contributed by atoms with Crippen LogP contribution in [0.15, 0.2) is 30.3 Å². The van der Waals surface area contributed by atoms with Crippen LogP contribution in [0.5, 0.6) is 5.75 Å². The molecule has 3 aromatic rings. The second-order valence-corrected chi connectivity index (χ2v) is 7.39. The molecular weight excluding hydrogens is 349 g/mol. The predicted octanol–water partition coefficient (Wildman–Crippen LogP) is 2.92. The number of aliphatic hydroxyl groups is 2. The van der Waals surface area contributed by atoms with E-state index in [1.54, 1.807) is 0 Å². The molecule has 0 spiro atoms. The lowest BCUT2D eigenvalue weighted by atomic mass is 9.85. The number of benzene rings is 2. The number of hydrogen-bond acceptors (Lipinski definition) is 4. The summed E-state index contributed by atoms with van der Waals surface area (Å²) in [6.45, 7) is 4.35. The minimum absolute atomic E-state index is 0.363. The number of ether oxygens (including phenoxy) is 1. The minimum atomic E-state index is -1.01. The van der Waals surface area contributed by atoms with Gasteiger partial charge in [-0.15, -0.1) is 0 Å². The number of aromatic nitrogens is 1. The van der Waals surface area contributed by atoms with Crippen LogP contribution in [-0.2, 0) is 12.8 Å². The lowest BCUT2D eigenvalue weighted by Gasteiger charge is -2.23. The molecule has 4 nitrogen and oxygen atoms in total. The van der Waals surface area contributed by atoms with Crippen LogP contribution in [0.2, 0.25) is 0 Å². The molecule has 5 heteroatoms. The Balaban J connectivity index is 2.08. The van der Waals surface area contributed by atoms with Gasteiger partial charge in [0.15, 0.2) is 0 Å². The van der Waals surface area contributed by atoms with E-state index in [1.165, 1.54) is 0 Å². The van der Waals surface area contributed by atoms with E-state index >= 15 is 0 Å². The van der Waals surface area contributed by atoms with Gasteiger partial charge in [-0.05, 0) is 60.6 Å². The van der Waals surface area contributed by atoms with Crippen molar-refractivity contribution in [3.63, 3.8) is 0 Å². The van der Waals surface area contributed by atoms with Gasteiger partial charge in [-0.1, -0.05) is 30.6 Å². The maximum atomic E-state index is 10.6. The zero-order valence-corrected chi connectivity index (χ0v) is 16.3. The number of hydrogen-bond donors (Lipinski definition) is 2. The van der Waals surface area contributed by atoms with E-state index in [4.69, 9.17) is 17.6 Å². The van der Waals surface area contributed by atoms with Gasteiger partial charge in [0.25, 0.3) is 0 Å². The Hall–Kier alpha value is -2.37. The number of pyridine rings is 1. The molecule has 1 aliphatic heterocycles. The van der Waals surface area contributed by atoms with Gasteiger partial charge in [0, 0.05) is 16.6 Å². The zero-order valence-electron chi connectivity index (χ0n) is 16.3. The Labute approximate surface area is 166 Å². The molecule has 0 aliphatic carbocycles. The van der Waals surface area contributed by atoms with E-state index in [0.717, 1.165) is 70.5 Å². The Kier molecular flexibility index (Phi) is 5.13. The van der Waals surface area contributed by atoms with E-state index in [0.29, 0.717) is 11.0 Å². The highest BCUT2D eigenvalue weighted by Crippen LogP contribution is 2.39. The number of aryl methyl sites for hydroxylation is 3. The lowest BCUT2D eigenvalue weighted by Crippen LogP contribution is -2.12. The van der Waals surface area contributed by atoms with Crippen LogP contribution >= 0.6 is 0 Å². The summed E-state index contributed by atoms with van der Waals surface area (Å²) in [7, 11) is 6.20. The first-order valence-corrected chi connectivity index (χ1v) is 9.81. The molecule has 0 saturated carbocycles. The van der Waals surface area contributed by atoms with E-state index in [2.05, 4.69) is 13.0 Å². The molecule has 1 atom stereocenters. The largest absolute Gasteiger partial charge is 0.493 e. The minimum Gasteiger partial charge on any atom is -0.493 e. The summed E-state index contributed by atoms with van der Waals surface area (Å²) in [6, 6.07) is 10.0. The number of aliphatic hydroxyl groups excluding tert-OH is 2. The van der Waals surface area contributed by atoms with Crippen LogP contribution in [0.25, 0.3) is 22.0 Å². The van der Waals surface area contributed by atoms with Crippen LogP contribution < -0.4 is 10.2 Å². The molecule has 4 rings (SSSR count). The van der Waals surface area contributed by atoms with Crippen molar-refractivity contribution in [1.82, 2.24) is 4.98 Å². The third kappa shape index (κ3) is 3.19.